The number of carboxylic acids is 1. The molecule has 1 aliphatic heterocycles. The van der Waals surface area contributed by atoms with Crippen molar-refractivity contribution in [3.8, 4) is 5.75 Å². The van der Waals surface area contributed by atoms with E-state index in [1.165, 1.54) is 12.0 Å². The first-order valence-corrected chi connectivity index (χ1v) is 7.43. The van der Waals surface area contributed by atoms with Crippen molar-refractivity contribution < 1.29 is 23.8 Å². The van der Waals surface area contributed by atoms with E-state index in [1.807, 2.05) is 6.92 Å². The summed E-state index contributed by atoms with van der Waals surface area (Å²) in [5.41, 5.74) is 1.57. The Bertz CT molecular complexity index is 654. The number of carbonyl (C=O) groups is 2. The number of aryl methyl sites for hydroxylation is 1. The van der Waals surface area contributed by atoms with Gasteiger partial charge in [-0.05, 0) is 36.8 Å². The number of methoxy groups -OCH3 is 1. The Morgan fingerprint density at radius 1 is 1.50 bits per heavy atom. The molecule has 1 unspecified atom stereocenters. The zero-order chi connectivity index (χ0) is 16.0. The van der Waals surface area contributed by atoms with Gasteiger partial charge in [0.05, 0.1) is 12.8 Å². The molecule has 1 aromatic carbocycles. The molecule has 0 radical (unpaired) electrons. The lowest BCUT2D eigenvalue weighted by Gasteiger charge is -2.34. The molecule has 1 atom stereocenters. The second-order valence-corrected chi connectivity index (χ2v) is 5.78. The topological polar surface area (TPSA) is 66.8 Å². The first kappa shape index (κ1) is 14.8. The highest BCUT2D eigenvalue weighted by molar-refractivity contribution is 6.09. The standard InChI is InChI=1S/C16H18FNO4/c1-3-8-6-9-7-11(16(20)21)15(19)18(10-4-5-10)13(9)14(22-2)12(8)17/h6,10-11H,3-5,7H2,1-2H3,(H,20,21). The van der Waals surface area contributed by atoms with Crippen molar-refractivity contribution in [3.63, 3.8) is 0 Å². The number of hydrogen-bond donors (Lipinski definition) is 1. The summed E-state index contributed by atoms with van der Waals surface area (Å²) in [5.74, 6) is -3.12. The molecule has 1 heterocycles. The van der Waals surface area contributed by atoms with Crippen LogP contribution in [-0.2, 0) is 22.4 Å². The molecular formula is C16H18FNO4. The summed E-state index contributed by atoms with van der Waals surface area (Å²) in [6.45, 7) is 1.82. The van der Waals surface area contributed by atoms with E-state index in [2.05, 4.69) is 0 Å². The van der Waals surface area contributed by atoms with E-state index in [4.69, 9.17) is 4.74 Å². The number of hydrogen-bond acceptors (Lipinski definition) is 3. The highest BCUT2D eigenvalue weighted by Gasteiger charge is 2.46. The molecule has 0 saturated heterocycles. The van der Waals surface area contributed by atoms with Crippen molar-refractivity contribution in [2.24, 2.45) is 5.92 Å². The van der Waals surface area contributed by atoms with E-state index in [0.29, 0.717) is 23.2 Å². The molecule has 0 spiro atoms. The van der Waals surface area contributed by atoms with Crippen LogP contribution in [0.1, 0.15) is 30.9 Å². The van der Waals surface area contributed by atoms with E-state index < -0.39 is 23.6 Å². The molecule has 1 fully saturated rings. The van der Waals surface area contributed by atoms with Gasteiger partial charge in [0.25, 0.3) is 0 Å². The van der Waals surface area contributed by atoms with Gasteiger partial charge in [-0.15, -0.1) is 0 Å². The van der Waals surface area contributed by atoms with Crippen LogP contribution in [0.2, 0.25) is 0 Å². The maximum Gasteiger partial charge on any atom is 0.316 e. The molecule has 5 nitrogen and oxygen atoms in total. The van der Waals surface area contributed by atoms with Crippen LogP contribution in [0.25, 0.3) is 0 Å². The summed E-state index contributed by atoms with van der Waals surface area (Å²) in [6.07, 6.45) is 2.16. The molecular weight excluding hydrogens is 289 g/mol. The smallest absolute Gasteiger partial charge is 0.316 e. The highest BCUT2D eigenvalue weighted by atomic mass is 19.1. The molecule has 1 aromatic rings. The number of fused-ring (bicyclic) bond motifs is 1. The molecule has 118 valence electrons. The Kier molecular flexibility index (Phi) is 3.54. The number of anilines is 1. The Hall–Kier alpha value is -2.11. The first-order valence-electron chi connectivity index (χ1n) is 7.43. The van der Waals surface area contributed by atoms with Crippen molar-refractivity contribution >= 4 is 17.6 Å². The number of carbonyl (C=O) groups excluding carboxylic acids is 1. The van der Waals surface area contributed by atoms with Gasteiger partial charge < -0.3 is 14.7 Å². The first-order chi connectivity index (χ1) is 10.5. The maximum atomic E-state index is 14.5. The number of ether oxygens (including phenoxy) is 1. The summed E-state index contributed by atoms with van der Waals surface area (Å²) >= 11 is 0. The number of benzene rings is 1. The third kappa shape index (κ3) is 2.14. The highest BCUT2D eigenvalue weighted by Crippen LogP contribution is 2.46. The second-order valence-electron chi connectivity index (χ2n) is 5.78. The minimum absolute atomic E-state index is 0.0471. The lowest BCUT2D eigenvalue weighted by molar-refractivity contribution is -0.146. The van der Waals surface area contributed by atoms with Crippen molar-refractivity contribution in [1.82, 2.24) is 0 Å². The normalized spacial score (nSPS) is 20.8. The van der Waals surface area contributed by atoms with E-state index in [1.54, 1.807) is 6.07 Å². The fourth-order valence-electron chi connectivity index (χ4n) is 3.07. The molecule has 1 N–H and O–H groups in total. The Morgan fingerprint density at radius 2 is 2.18 bits per heavy atom. The average Bonchev–Trinajstić information content (AvgIpc) is 3.30. The van der Waals surface area contributed by atoms with Gasteiger partial charge in [-0.1, -0.05) is 13.0 Å². The molecule has 1 saturated carbocycles. The van der Waals surface area contributed by atoms with Crippen molar-refractivity contribution in [3.05, 3.63) is 23.0 Å². The van der Waals surface area contributed by atoms with Gasteiger partial charge in [-0.2, -0.15) is 0 Å². The van der Waals surface area contributed by atoms with Gasteiger partial charge in [0.1, 0.15) is 5.92 Å². The van der Waals surface area contributed by atoms with Gasteiger partial charge in [-0.25, -0.2) is 4.39 Å². The fraction of sp³-hybridized carbons (Fsp3) is 0.500. The van der Waals surface area contributed by atoms with E-state index >= 15 is 0 Å². The lowest BCUT2D eigenvalue weighted by atomic mass is 9.89. The van der Waals surface area contributed by atoms with Gasteiger partial charge in [0.15, 0.2) is 11.6 Å². The Morgan fingerprint density at radius 3 is 2.68 bits per heavy atom. The van der Waals surface area contributed by atoms with Crippen molar-refractivity contribution in [2.75, 3.05) is 12.0 Å². The number of rotatable bonds is 4. The van der Waals surface area contributed by atoms with Gasteiger partial charge in [0.2, 0.25) is 5.91 Å². The molecule has 3 rings (SSSR count). The molecule has 1 aliphatic carbocycles. The van der Waals surface area contributed by atoms with Gasteiger partial charge >= 0.3 is 5.97 Å². The number of halogens is 1. The molecule has 0 aromatic heterocycles. The number of aliphatic carboxylic acids is 1. The van der Waals surface area contributed by atoms with Crippen LogP contribution in [0, 0.1) is 11.7 Å². The molecule has 2 aliphatic rings. The van der Waals surface area contributed by atoms with Crippen LogP contribution in [0.3, 0.4) is 0 Å². The van der Waals surface area contributed by atoms with Gasteiger partial charge in [0, 0.05) is 6.04 Å². The van der Waals surface area contributed by atoms with E-state index in [-0.39, 0.29) is 18.2 Å². The molecule has 1 amide bonds. The van der Waals surface area contributed by atoms with Crippen molar-refractivity contribution in [1.29, 1.82) is 0 Å². The van der Waals surface area contributed by atoms with Crippen molar-refractivity contribution in [2.45, 2.75) is 38.6 Å². The quantitative estimate of drug-likeness (QED) is 0.866. The summed E-state index contributed by atoms with van der Waals surface area (Å²) in [4.78, 5) is 25.3. The Balaban J connectivity index is 2.21. The predicted molar refractivity (Wildman–Crippen MR) is 77.7 cm³/mol. The van der Waals surface area contributed by atoms with Gasteiger partial charge in [-0.3, -0.25) is 9.59 Å². The largest absolute Gasteiger partial charge is 0.492 e. The Labute approximate surface area is 127 Å². The van der Waals surface area contributed by atoms with Crippen LogP contribution in [0.4, 0.5) is 10.1 Å². The van der Waals surface area contributed by atoms with E-state index in [0.717, 1.165) is 12.8 Å². The molecule has 0 bridgehead atoms. The number of amides is 1. The third-order valence-electron chi connectivity index (χ3n) is 4.34. The fourth-order valence-corrected chi connectivity index (χ4v) is 3.07. The van der Waals surface area contributed by atoms with E-state index in [9.17, 15) is 19.1 Å². The van der Waals surface area contributed by atoms with Crippen LogP contribution < -0.4 is 9.64 Å². The van der Waals surface area contributed by atoms with Crippen LogP contribution in [-0.4, -0.2) is 30.1 Å². The minimum atomic E-state index is -1.14. The summed E-state index contributed by atoms with van der Waals surface area (Å²) < 4.78 is 19.7. The predicted octanol–water partition coefficient (Wildman–Crippen LogP) is 2.15. The summed E-state index contributed by atoms with van der Waals surface area (Å²) in [5, 5.41) is 9.31. The SMILES string of the molecule is CCc1cc2c(c(OC)c1F)N(C1CC1)C(=O)C(C(=O)O)C2. The van der Waals surface area contributed by atoms with Crippen LogP contribution in [0.5, 0.6) is 5.75 Å². The third-order valence-corrected chi connectivity index (χ3v) is 4.34. The monoisotopic (exact) mass is 307 g/mol. The maximum absolute atomic E-state index is 14.5. The molecule has 6 heteroatoms. The lowest BCUT2D eigenvalue weighted by Crippen LogP contribution is -2.46. The zero-order valence-corrected chi connectivity index (χ0v) is 12.6. The average molecular weight is 307 g/mol. The van der Waals surface area contributed by atoms with Crippen LogP contribution in [0.15, 0.2) is 6.07 Å². The minimum Gasteiger partial charge on any atom is -0.492 e. The van der Waals surface area contributed by atoms with Crippen LogP contribution >= 0.6 is 0 Å². The summed E-state index contributed by atoms with van der Waals surface area (Å²) in [6, 6.07) is 1.62. The zero-order valence-electron chi connectivity index (χ0n) is 12.6. The second kappa shape index (κ2) is 5.26. The number of carboxylic acid groups (broad SMARTS) is 1. The molecule has 22 heavy (non-hydrogen) atoms. The number of nitrogens with zero attached hydrogens (tertiary/aromatic N) is 1. The summed E-state index contributed by atoms with van der Waals surface area (Å²) in [7, 11) is 1.37.